The second kappa shape index (κ2) is 12.6. The van der Waals surface area contributed by atoms with E-state index in [1.165, 1.54) is 33.0 Å². The number of fused-ring (bicyclic) bond motifs is 7. The van der Waals surface area contributed by atoms with Crippen LogP contribution >= 0.6 is 11.8 Å². The van der Waals surface area contributed by atoms with Crippen LogP contribution in [0.1, 0.15) is 11.6 Å². The minimum absolute atomic E-state index is 0.190. The van der Waals surface area contributed by atoms with Crippen LogP contribution in [0.15, 0.2) is 191 Å². The van der Waals surface area contributed by atoms with Crippen molar-refractivity contribution in [1.29, 1.82) is 0 Å². The molecule has 2 aliphatic rings. The van der Waals surface area contributed by atoms with Crippen molar-refractivity contribution in [3.8, 4) is 56.0 Å². The lowest BCUT2D eigenvalue weighted by Crippen LogP contribution is -2.09. The van der Waals surface area contributed by atoms with Gasteiger partial charge in [-0.25, -0.2) is 9.97 Å². The third-order valence-electron chi connectivity index (χ3n) is 10.8. The van der Waals surface area contributed by atoms with E-state index in [0.29, 0.717) is 5.25 Å². The van der Waals surface area contributed by atoms with Crippen LogP contribution in [0.5, 0.6) is 0 Å². The Balaban J connectivity index is 1.05. The van der Waals surface area contributed by atoms with E-state index in [0.717, 1.165) is 66.3 Å². The van der Waals surface area contributed by atoms with Gasteiger partial charge in [-0.15, -0.1) is 11.8 Å². The lowest BCUT2D eigenvalue weighted by Gasteiger charge is -2.15. The smallest absolute Gasteiger partial charge is 0.160 e. The fourth-order valence-electron chi connectivity index (χ4n) is 8.09. The van der Waals surface area contributed by atoms with Gasteiger partial charge in [0.15, 0.2) is 5.82 Å². The molecule has 11 rings (SSSR count). The molecule has 2 aromatic heterocycles. The Morgan fingerprint density at radius 2 is 1.09 bits per heavy atom. The fraction of sp³-hybridized carbons (Fsp3) is 0.0400. The van der Waals surface area contributed by atoms with E-state index < -0.39 is 0 Å². The number of allylic oxidation sites excluding steroid dienone is 3. The zero-order valence-electron chi connectivity index (χ0n) is 29.2. The molecule has 0 spiro atoms. The standard InChI is InChI=1S/C50H32N2OS/c1-3-10-31(11-4-1)33-18-20-34(21-19-33)38-26-27-43-42(30-38)46-41(15-9-16-44(46)53-43)50-51-47(49-48(52-50)40-14-7-8-17-45(40)54-49)39-25-24-36-28-35(22-23-37(36)29-39)32-12-5-2-6-13-32/h1-30,40,45H. The Labute approximate surface area is 317 Å². The van der Waals surface area contributed by atoms with E-state index in [1.54, 1.807) is 0 Å². The van der Waals surface area contributed by atoms with Crippen molar-refractivity contribution in [1.82, 2.24) is 9.97 Å². The van der Waals surface area contributed by atoms with Gasteiger partial charge in [0.1, 0.15) is 11.2 Å². The van der Waals surface area contributed by atoms with Gasteiger partial charge in [0, 0.05) is 33.1 Å². The summed E-state index contributed by atoms with van der Waals surface area (Å²) in [6, 6.07) is 56.1. The molecule has 7 aromatic carbocycles. The number of thioether (sulfide) groups is 1. The zero-order valence-corrected chi connectivity index (χ0v) is 30.0. The summed E-state index contributed by atoms with van der Waals surface area (Å²) in [5.41, 5.74) is 13.0. The van der Waals surface area contributed by atoms with Gasteiger partial charge in [-0.05, 0) is 74.5 Å². The molecule has 2 atom stereocenters. The molecule has 0 saturated heterocycles. The molecule has 0 radical (unpaired) electrons. The highest BCUT2D eigenvalue weighted by Gasteiger charge is 2.36. The van der Waals surface area contributed by atoms with Crippen LogP contribution < -0.4 is 0 Å². The van der Waals surface area contributed by atoms with Gasteiger partial charge < -0.3 is 4.42 Å². The van der Waals surface area contributed by atoms with Crippen LogP contribution in [-0.4, -0.2) is 15.2 Å². The van der Waals surface area contributed by atoms with Gasteiger partial charge in [0.2, 0.25) is 0 Å². The van der Waals surface area contributed by atoms with Crippen molar-refractivity contribution >= 4 is 44.5 Å². The van der Waals surface area contributed by atoms with Crippen molar-refractivity contribution in [2.24, 2.45) is 0 Å². The number of hydrogen-bond acceptors (Lipinski definition) is 4. The first kappa shape index (κ1) is 31.1. The molecule has 4 heteroatoms. The van der Waals surface area contributed by atoms with Crippen LogP contribution in [0.2, 0.25) is 0 Å². The molecule has 1 aliphatic carbocycles. The molecule has 0 fully saturated rings. The molecule has 54 heavy (non-hydrogen) atoms. The first-order valence-corrected chi connectivity index (χ1v) is 19.3. The van der Waals surface area contributed by atoms with E-state index in [1.807, 2.05) is 11.8 Å². The minimum atomic E-state index is 0.190. The molecule has 0 bridgehead atoms. The van der Waals surface area contributed by atoms with E-state index in [-0.39, 0.29) is 5.92 Å². The van der Waals surface area contributed by atoms with Gasteiger partial charge in [0.05, 0.1) is 16.3 Å². The molecule has 1 aliphatic heterocycles. The molecule has 9 aromatic rings. The van der Waals surface area contributed by atoms with Crippen molar-refractivity contribution in [2.75, 3.05) is 0 Å². The predicted octanol–water partition coefficient (Wildman–Crippen LogP) is 13.5. The predicted molar refractivity (Wildman–Crippen MR) is 225 cm³/mol. The number of nitrogens with zero attached hydrogens (tertiary/aromatic N) is 2. The summed E-state index contributed by atoms with van der Waals surface area (Å²) in [6.45, 7) is 0. The SMILES string of the molecule is C1=CC2Sc3c(-c4ccc5cc(-c6ccccc6)ccc5c4)nc(-c4cccc5oc6ccc(-c7ccc(-c8ccccc8)cc7)cc6c45)nc3C2C=C1. The Hall–Kier alpha value is -6.49. The summed E-state index contributed by atoms with van der Waals surface area (Å²) < 4.78 is 6.49. The third-order valence-corrected chi connectivity index (χ3v) is 12.2. The highest BCUT2D eigenvalue weighted by Crippen LogP contribution is 2.51. The Kier molecular flexibility index (Phi) is 7.24. The van der Waals surface area contributed by atoms with Crippen molar-refractivity contribution in [3.05, 3.63) is 188 Å². The monoisotopic (exact) mass is 708 g/mol. The average Bonchev–Trinajstić information content (AvgIpc) is 3.82. The van der Waals surface area contributed by atoms with Gasteiger partial charge in [-0.3, -0.25) is 0 Å². The number of aromatic nitrogens is 2. The normalized spacial score (nSPS) is 15.9. The molecule has 0 saturated carbocycles. The van der Waals surface area contributed by atoms with Crippen LogP contribution in [0.25, 0.3) is 88.7 Å². The minimum Gasteiger partial charge on any atom is -0.456 e. The maximum absolute atomic E-state index is 6.49. The lowest BCUT2D eigenvalue weighted by molar-refractivity contribution is 0.669. The Morgan fingerprint density at radius 1 is 0.481 bits per heavy atom. The number of furan rings is 1. The number of rotatable bonds is 5. The summed E-state index contributed by atoms with van der Waals surface area (Å²) in [7, 11) is 0. The summed E-state index contributed by atoms with van der Waals surface area (Å²) >= 11 is 1.88. The van der Waals surface area contributed by atoms with Gasteiger partial charge in [0.25, 0.3) is 0 Å². The van der Waals surface area contributed by atoms with Crippen molar-refractivity contribution < 1.29 is 4.42 Å². The summed E-state index contributed by atoms with van der Waals surface area (Å²) in [6.07, 6.45) is 8.89. The second-order valence-electron chi connectivity index (χ2n) is 14.1. The van der Waals surface area contributed by atoms with Gasteiger partial charge in [-0.1, -0.05) is 152 Å². The first-order chi connectivity index (χ1) is 26.7. The maximum Gasteiger partial charge on any atom is 0.160 e. The molecule has 0 N–H and O–H groups in total. The second-order valence-corrected chi connectivity index (χ2v) is 15.3. The first-order valence-electron chi connectivity index (χ1n) is 18.4. The van der Waals surface area contributed by atoms with E-state index in [9.17, 15) is 0 Å². The molecule has 254 valence electrons. The van der Waals surface area contributed by atoms with Gasteiger partial charge >= 0.3 is 0 Å². The number of benzene rings is 7. The van der Waals surface area contributed by atoms with Crippen molar-refractivity contribution in [3.63, 3.8) is 0 Å². The summed E-state index contributed by atoms with van der Waals surface area (Å²) in [5, 5.41) is 4.79. The van der Waals surface area contributed by atoms with E-state index in [2.05, 4.69) is 182 Å². The number of hydrogen-bond donors (Lipinski definition) is 0. The Morgan fingerprint density at radius 3 is 1.87 bits per heavy atom. The van der Waals surface area contributed by atoms with Crippen molar-refractivity contribution in [2.45, 2.75) is 16.1 Å². The van der Waals surface area contributed by atoms with E-state index >= 15 is 0 Å². The van der Waals surface area contributed by atoms with Crippen LogP contribution in [0.3, 0.4) is 0 Å². The molecule has 2 unspecified atom stereocenters. The van der Waals surface area contributed by atoms with Crippen LogP contribution in [0, 0.1) is 0 Å². The van der Waals surface area contributed by atoms with Crippen LogP contribution in [-0.2, 0) is 0 Å². The lowest BCUT2D eigenvalue weighted by atomic mass is 9.94. The largest absolute Gasteiger partial charge is 0.456 e. The maximum atomic E-state index is 6.49. The zero-order chi connectivity index (χ0) is 35.6. The average molecular weight is 709 g/mol. The molecule has 3 nitrogen and oxygen atoms in total. The topological polar surface area (TPSA) is 38.9 Å². The van der Waals surface area contributed by atoms with Crippen LogP contribution in [0.4, 0.5) is 0 Å². The molecule has 3 heterocycles. The quantitative estimate of drug-likeness (QED) is 0.178. The fourth-order valence-corrected chi connectivity index (χ4v) is 9.48. The molecular formula is C50H32N2OS. The third kappa shape index (κ3) is 5.21. The Bertz CT molecular complexity index is 2960. The summed E-state index contributed by atoms with van der Waals surface area (Å²) in [4.78, 5) is 12.0. The van der Waals surface area contributed by atoms with Gasteiger partial charge in [-0.2, -0.15) is 0 Å². The highest BCUT2D eigenvalue weighted by molar-refractivity contribution is 8.00. The highest BCUT2D eigenvalue weighted by atomic mass is 32.2. The summed E-state index contributed by atoms with van der Waals surface area (Å²) in [5.74, 6) is 0.911. The molecular weight excluding hydrogens is 677 g/mol. The van der Waals surface area contributed by atoms with E-state index in [4.69, 9.17) is 14.4 Å². The molecule has 0 amide bonds.